The summed E-state index contributed by atoms with van der Waals surface area (Å²) in [5, 5.41) is 10.0. The van der Waals surface area contributed by atoms with E-state index in [4.69, 9.17) is 34.2 Å². The Kier molecular flexibility index (Phi) is 3.19. The number of rotatable bonds is 1. The van der Waals surface area contributed by atoms with E-state index in [1.165, 1.54) is 6.20 Å². The SMILES string of the molecule is N#Cc1cc(N)cnc1-c1cc(Cl)cc(Cl)c1. The first-order valence-electron chi connectivity index (χ1n) is 4.72. The van der Waals surface area contributed by atoms with Gasteiger partial charge in [0, 0.05) is 15.6 Å². The standard InChI is InChI=1S/C12H7Cl2N3/c13-9-1-7(2-10(14)4-9)12-8(5-15)3-11(16)6-17-12/h1-4,6H,16H2. The fourth-order valence-corrected chi connectivity index (χ4v) is 2.01. The first kappa shape index (κ1) is 11.7. The summed E-state index contributed by atoms with van der Waals surface area (Å²) in [4.78, 5) is 4.14. The molecule has 0 aliphatic carbocycles. The summed E-state index contributed by atoms with van der Waals surface area (Å²) in [7, 11) is 0. The lowest BCUT2D eigenvalue weighted by molar-refractivity contribution is 1.30. The van der Waals surface area contributed by atoms with Gasteiger partial charge in [-0.1, -0.05) is 23.2 Å². The molecule has 0 radical (unpaired) electrons. The van der Waals surface area contributed by atoms with Crippen LogP contribution in [0.3, 0.4) is 0 Å². The maximum absolute atomic E-state index is 9.03. The number of anilines is 1. The van der Waals surface area contributed by atoms with Gasteiger partial charge in [0.2, 0.25) is 0 Å². The Morgan fingerprint density at radius 2 is 1.76 bits per heavy atom. The lowest BCUT2D eigenvalue weighted by Gasteiger charge is -2.05. The monoisotopic (exact) mass is 263 g/mol. The summed E-state index contributed by atoms with van der Waals surface area (Å²) in [5.74, 6) is 0. The van der Waals surface area contributed by atoms with Gasteiger partial charge in [0.15, 0.2) is 0 Å². The molecular formula is C12H7Cl2N3. The van der Waals surface area contributed by atoms with E-state index in [0.29, 0.717) is 32.6 Å². The maximum atomic E-state index is 9.03. The van der Waals surface area contributed by atoms with E-state index >= 15 is 0 Å². The Bertz CT molecular complexity index is 597. The molecule has 0 aliphatic rings. The van der Waals surface area contributed by atoms with Crippen LogP contribution in [0.4, 0.5) is 5.69 Å². The minimum absolute atomic E-state index is 0.392. The molecule has 2 aromatic rings. The van der Waals surface area contributed by atoms with Crippen LogP contribution in [0.5, 0.6) is 0 Å². The average molecular weight is 264 g/mol. The zero-order valence-electron chi connectivity index (χ0n) is 8.61. The van der Waals surface area contributed by atoms with Gasteiger partial charge < -0.3 is 5.73 Å². The van der Waals surface area contributed by atoms with Crippen molar-refractivity contribution in [3.63, 3.8) is 0 Å². The van der Waals surface area contributed by atoms with Crippen molar-refractivity contribution in [3.05, 3.63) is 46.1 Å². The second-order valence-electron chi connectivity index (χ2n) is 3.43. The predicted octanol–water partition coefficient (Wildman–Crippen LogP) is 3.51. The highest BCUT2D eigenvalue weighted by Crippen LogP contribution is 2.28. The number of hydrogen-bond acceptors (Lipinski definition) is 3. The smallest absolute Gasteiger partial charge is 0.102 e. The van der Waals surface area contributed by atoms with Gasteiger partial charge in [-0.05, 0) is 24.3 Å². The molecule has 1 heterocycles. The fraction of sp³-hybridized carbons (Fsp3) is 0. The lowest BCUT2D eigenvalue weighted by Crippen LogP contribution is -1.93. The van der Waals surface area contributed by atoms with Gasteiger partial charge in [-0.2, -0.15) is 5.26 Å². The quantitative estimate of drug-likeness (QED) is 0.857. The second kappa shape index (κ2) is 4.62. The molecule has 0 saturated heterocycles. The number of benzene rings is 1. The van der Waals surface area contributed by atoms with Crippen molar-refractivity contribution in [2.75, 3.05) is 5.73 Å². The number of pyridine rings is 1. The van der Waals surface area contributed by atoms with E-state index in [0.717, 1.165) is 0 Å². The van der Waals surface area contributed by atoms with Gasteiger partial charge >= 0.3 is 0 Å². The van der Waals surface area contributed by atoms with Crippen LogP contribution in [0.25, 0.3) is 11.3 Å². The first-order chi connectivity index (χ1) is 8.10. The third-order valence-electron chi connectivity index (χ3n) is 2.17. The summed E-state index contributed by atoms with van der Waals surface area (Å²) < 4.78 is 0. The van der Waals surface area contributed by atoms with Crippen molar-refractivity contribution in [3.8, 4) is 17.3 Å². The van der Waals surface area contributed by atoms with E-state index in [1.54, 1.807) is 24.3 Å². The minimum atomic E-state index is 0.392. The molecule has 0 bridgehead atoms. The van der Waals surface area contributed by atoms with Gasteiger partial charge in [-0.3, -0.25) is 4.98 Å². The number of halogens is 2. The summed E-state index contributed by atoms with van der Waals surface area (Å²) in [6.45, 7) is 0. The van der Waals surface area contributed by atoms with Crippen LogP contribution < -0.4 is 5.73 Å². The number of aromatic nitrogens is 1. The lowest BCUT2D eigenvalue weighted by atomic mass is 10.1. The molecule has 0 aliphatic heterocycles. The molecule has 2 rings (SSSR count). The van der Waals surface area contributed by atoms with Gasteiger partial charge in [0.25, 0.3) is 0 Å². The van der Waals surface area contributed by atoms with Crippen molar-refractivity contribution >= 4 is 28.9 Å². The van der Waals surface area contributed by atoms with Crippen molar-refractivity contribution in [2.24, 2.45) is 0 Å². The van der Waals surface area contributed by atoms with Crippen LogP contribution in [-0.2, 0) is 0 Å². The number of nitrogen functional groups attached to an aromatic ring is 1. The molecule has 5 heteroatoms. The molecule has 3 nitrogen and oxygen atoms in total. The molecule has 0 atom stereocenters. The van der Waals surface area contributed by atoms with Crippen LogP contribution in [0.15, 0.2) is 30.5 Å². The molecule has 17 heavy (non-hydrogen) atoms. The molecular weight excluding hydrogens is 257 g/mol. The van der Waals surface area contributed by atoms with E-state index < -0.39 is 0 Å². The fourth-order valence-electron chi connectivity index (χ4n) is 1.49. The van der Waals surface area contributed by atoms with E-state index in [1.807, 2.05) is 6.07 Å². The Hall–Kier alpha value is -1.76. The molecule has 1 aromatic carbocycles. The molecule has 2 N–H and O–H groups in total. The van der Waals surface area contributed by atoms with Crippen molar-refractivity contribution in [2.45, 2.75) is 0 Å². The summed E-state index contributed by atoms with van der Waals surface area (Å²) in [5.41, 5.74) is 7.62. The third kappa shape index (κ3) is 2.50. The van der Waals surface area contributed by atoms with Crippen molar-refractivity contribution in [1.29, 1.82) is 5.26 Å². The van der Waals surface area contributed by atoms with Crippen LogP contribution in [0, 0.1) is 11.3 Å². The highest BCUT2D eigenvalue weighted by atomic mass is 35.5. The molecule has 0 fully saturated rings. The van der Waals surface area contributed by atoms with Crippen LogP contribution >= 0.6 is 23.2 Å². The van der Waals surface area contributed by atoms with Crippen LogP contribution in [-0.4, -0.2) is 4.98 Å². The Morgan fingerprint density at radius 3 is 2.35 bits per heavy atom. The summed E-state index contributed by atoms with van der Waals surface area (Å²) in [6.07, 6.45) is 1.49. The third-order valence-corrected chi connectivity index (χ3v) is 2.60. The molecule has 0 saturated carbocycles. The topological polar surface area (TPSA) is 62.7 Å². The van der Waals surface area contributed by atoms with E-state index in [2.05, 4.69) is 4.98 Å². The largest absolute Gasteiger partial charge is 0.397 e. The van der Waals surface area contributed by atoms with Crippen LogP contribution in [0.1, 0.15) is 5.56 Å². The van der Waals surface area contributed by atoms with Gasteiger partial charge in [0.1, 0.15) is 6.07 Å². The number of nitriles is 1. The van der Waals surface area contributed by atoms with Gasteiger partial charge in [0.05, 0.1) is 23.1 Å². The van der Waals surface area contributed by atoms with Gasteiger partial charge in [-0.15, -0.1) is 0 Å². The first-order valence-corrected chi connectivity index (χ1v) is 5.48. The highest BCUT2D eigenvalue weighted by molar-refractivity contribution is 6.35. The minimum Gasteiger partial charge on any atom is -0.397 e. The van der Waals surface area contributed by atoms with Crippen molar-refractivity contribution < 1.29 is 0 Å². The number of hydrogen-bond donors (Lipinski definition) is 1. The number of nitrogens with two attached hydrogens (primary N) is 1. The Labute approximate surface area is 108 Å². The summed E-state index contributed by atoms with van der Waals surface area (Å²) >= 11 is 11.8. The highest BCUT2D eigenvalue weighted by Gasteiger charge is 2.08. The molecule has 1 aromatic heterocycles. The molecule has 0 spiro atoms. The van der Waals surface area contributed by atoms with Crippen molar-refractivity contribution in [1.82, 2.24) is 4.98 Å². The second-order valence-corrected chi connectivity index (χ2v) is 4.31. The maximum Gasteiger partial charge on any atom is 0.102 e. The average Bonchev–Trinajstić information content (AvgIpc) is 2.27. The predicted molar refractivity (Wildman–Crippen MR) is 68.8 cm³/mol. The zero-order valence-corrected chi connectivity index (χ0v) is 10.1. The Morgan fingerprint density at radius 1 is 1.12 bits per heavy atom. The Balaban J connectivity index is 2.64. The normalized spacial score (nSPS) is 9.94. The molecule has 0 unspecified atom stereocenters. The van der Waals surface area contributed by atoms with Gasteiger partial charge in [-0.25, -0.2) is 0 Å². The molecule has 0 amide bonds. The zero-order chi connectivity index (χ0) is 12.4. The summed E-state index contributed by atoms with van der Waals surface area (Å²) in [6, 6.07) is 8.64. The number of nitrogens with zero attached hydrogens (tertiary/aromatic N) is 2. The molecule has 84 valence electrons. The van der Waals surface area contributed by atoms with E-state index in [-0.39, 0.29) is 0 Å². The van der Waals surface area contributed by atoms with Crippen LogP contribution in [0.2, 0.25) is 10.0 Å². The van der Waals surface area contributed by atoms with E-state index in [9.17, 15) is 0 Å².